The second kappa shape index (κ2) is 5.29. The number of halogens is 1. The van der Waals surface area contributed by atoms with Crippen molar-refractivity contribution >= 4 is 38.9 Å². The fourth-order valence-electron chi connectivity index (χ4n) is 1.32. The lowest BCUT2D eigenvalue weighted by molar-refractivity contribution is 0.0952. The highest BCUT2D eigenvalue weighted by molar-refractivity contribution is 9.10. The summed E-state index contributed by atoms with van der Waals surface area (Å²) in [5, 5.41) is 4.78. The van der Waals surface area contributed by atoms with Gasteiger partial charge in [-0.3, -0.25) is 9.78 Å². The van der Waals surface area contributed by atoms with Crippen molar-refractivity contribution in [3.63, 3.8) is 0 Å². The Bertz CT molecular complexity index is 541. The fourth-order valence-corrected chi connectivity index (χ4v) is 2.75. The SMILES string of the molecule is Nc1cnccc1C(=O)NCc1sccc1Br. The minimum absolute atomic E-state index is 0.190. The normalized spacial score (nSPS) is 10.2. The van der Waals surface area contributed by atoms with Crippen LogP contribution in [0.2, 0.25) is 0 Å². The average Bonchev–Trinajstić information content (AvgIpc) is 2.72. The Morgan fingerprint density at radius 3 is 3.00 bits per heavy atom. The maximum atomic E-state index is 11.8. The van der Waals surface area contributed by atoms with E-state index in [0.717, 1.165) is 9.35 Å². The van der Waals surface area contributed by atoms with Crippen LogP contribution in [0.25, 0.3) is 0 Å². The first kappa shape index (κ1) is 12.1. The zero-order chi connectivity index (χ0) is 12.3. The topological polar surface area (TPSA) is 68.0 Å². The number of nitrogens with two attached hydrogens (primary N) is 1. The van der Waals surface area contributed by atoms with Gasteiger partial charge in [-0.05, 0) is 33.4 Å². The van der Waals surface area contributed by atoms with Gasteiger partial charge in [0.2, 0.25) is 0 Å². The van der Waals surface area contributed by atoms with Gasteiger partial charge in [-0.25, -0.2) is 0 Å². The van der Waals surface area contributed by atoms with E-state index < -0.39 is 0 Å². The van der Waals surface area contributed by atoms with Crippen LogP contribution in [0.5, 0.6) is 0 Å². The van der Waals surface area contributed by atoms with E-state index in [9.17, 15) is 4.79 Å². The molecular formula is C11H10BrN3OS. The fraction of sp³-hybridized carbons (Fsp3) is 0.0909. The van der Waals surface area contributed by atoms with Crippen LogP contribution in [0.15, 0.2) is 34.4 Å². The van der Waals surface area contributed by atoms with Crippen molar-refractivity contribution < 1.29 is 4.79 Å². The summed E-state index contributed by atoms with van der Waals surface area (Å²) in [6.07, 6.45) is 3.02. The number of nitrogens with one attached hydrogen (secondary N) is 1. The summed E-state index contributed by atoms with van der Waals surface area (Å²) in [6.45, 7) is 0.485. The molecule has 6 heteroatoms. The van der Waals surface area contributed by atoms with Gasteiger partial charge >= 0.3 is 0 Å². The number of nitrogen functional groups attached to an aromatic ring is 1. The summed E-state index contributed by atoms with van der Waals surface area (Å²) in [7, 11) is 0. The van der Waals surface area contributed by atoms with Gasteiger partial charge in [0, 0.05) is 15.5 Å². The number of aromatic nitrogens is 1. The first-order chi connectivity index (χ1) is 8.18. The molecule has 88 valence electrons. The lowest BCUT2D eigenvalue weighted by atomic mass is 10.2. The van der Waals surface area contributed by atoms with Crippen LogP contribution in [0.4, 0.5) is 5.69 Å². The summed E-state index contributed by atoms with van der Waals surface area (Å²) < 4.78 is 1.01. The number of anilines is 1. The van der Waals surface area contributed by atoms with Crippen LogP contribution >= 0.6 is 27.3 Å². The maximum absolute atomic E-state index is 11.8. The van der Waals surface area contributed by atoms with Gasteiger partial charge in [-0.1, -0.05) is 0 Å². The number of rotatable bonds is 3. The standard InChI is InChI=1S/C11H10BrN3OS/c12-8-2-4-17-10(8)6-15-11(16)7-1-3-14-5-9(7)13/h1-5H,6,13H2,(H,15,16). The molecule has 4 nitrogen and oxygen atoms in total. The third kappa shape index (κ3) is 2.83. The number of carbonyl (C=O) groups is 1. The Kier molecular flexibility index (Phi) is 3.75. The lowest BCUT2D eigenvalue weighted by Gasteiger charge is -2.06. The lowest BCUT2D eigenvalue weighted by Crippen LogP contribution is -2.23. The Labute approximate surface area is 111 Å². The quantitative estimate of drug-likeness (QED) is 0.914. The molecule has 0 radical (unpaired) electrons. The van der Waals surface area contributed by atoms with Gasteiger partial charge in [0.1, 0.15) is 0 Å². The Morgan fingerprint density at radius 1 is 1.53 bits per heavy atom. The van der Waals surface area contributed by atoms with Gasteiger partial charge < -0.3 is 11.1 Å². The molecule has 2 aromatic rings. The molecule has 0 aliphatic carbocycles. The molecule has 2 heterocycles. The Morgan fingerprint density at radius 2 is 2.35 bits per heavy atom. The molecule has 0 bridgehead atoms. The Hall–Kier alpha value is -1.40. The number of nitrogens with zero attached hydrogens (tertiary/aromatic N) is 1. The monoisotopic (exact) mass is 311 g/mol. The zero-order valence-corrected chi connectivity index (χ0v) is 11.2. The molecule has 0 saturated carbocycles. The summed E-state index contributed by atoms with van der Waals surface area (Å²) >= 11 is 5.00. The third-order valence-electron chi connectivity index (χ3n) is 2.20. The summed E-state index contributed by atoms with van der Waals surface area (Å²) in [4.78, 5) is 16.8. The molecule has 0 aliphatic heterocycles. The molecule has 17 heavy (non-hydrogen) atoms. The molecule has 0 fully saturated rings. The number of thiophene rings is 1. The first-order valence-electron chi connectivity index (χ1n) is 4.88. The summed E-state index contributed by atoms with van der Waals surface area (Å²) in [6, 6.07) is 3.56. The van der Waals surface area contributed by atoms with Crippen LogP contribution in [-0.4, -0.2) is 10.9 Å². The van der Waals surface area contributed by atoms with E-state index >= 15 is 0 Å². The van der Waals surface area contributed by atoms with E-state index in [1.54, 1.807) is 23.6 Å². The minimum atomic E-state index is -0.190. The highest BCUT2D eigenvalue weighted by Gasteiger charge is 2.09. The average molecular weight is 312 g/mol. The summed E-state index contributed by atoms with van der Waals surface area (Å²) in [5.41, 5.74) is 6.51. The molecule has 0 saturated heterocycles. The van der Waals surface area contributed by atoms with Crippen LogP contribution in [-0.2, 0) is 6.54 Å². The number of hydrogen-bond donors (Lipinski definition) is 2. The number of carbonyl (C=O) groups excluding carboxylic acids is 1. The van der Waals surface area contributed by atoms with E-state index in [2.05, 4.69) is 26.2 Å². The van der Waals surface area contributed by atoms with Gasteiger partial charge in [-0.15, -0.1) is 11.3 Å². The molecule has 2 rings (SSSR count). The van der Waals surface area contributed by atoms with Crippen molar-refractivity contribution in [2.45, 2.75) is 6.54 Å². The maximum Gasteiger partial charge on any atom is 0.253 e. The van der Waals surface area contributed by atoms with Crippen molar-refractivity contribution in [1.29, 1.82) is 0 Å². The van der Waals surface area contributed by atoms with E-state index in [1.807, 2.05) is 11.4 Å². The molecule has 0 unspecified atom stereocenters. The molecule has 3 N–H and O–H groups in total. The molecule has 0 aromatic carbocycles. The molecular weight excluding hydrogens is 302 g/mol. The molecule has 0 aliphatic rings. The molecule has 1 amide bonds. The highest BCUT2D eigenvalue weighted by Crippen LogP contribution is 2.22. The number of amides is 1. The van der Waals surface area contributed by atoms with E-state index in [-0.39, 0.29) is 5.91 Å². The second-order valence-electron chi connectivity index (χ2n) is 3.34. The number of pyridine rings is 1. The van der Waals surface area contributed by atoms with Crippen molar-refractivity contribution in [3.05, 3.63) is 44.8 Å². The molecule has 0 atom stereocenters. The van der Waals surface area contributed by atoms with Gasteiger partial charge in [0.15, 0.2) is 0 Å². The van der Waals surface area contributed by atoms with Gasteiger partial charge in [0.05, 0.1) is 24.0 Å². The minimum Gasteiger partial charge on any atom is -0.397 e. The number of hydrogen-bond acceptors (Lipinski definition) is 4. The summed E-state index contributed by atoms with van der Waals surface area (Å²) in [5.74, 6) is -0.190. The van der Waals surface area contributed by atoms with Gasteiger partial charge in [0.25, 0.3) is 5.91 Å². The van der Waals surface area contributed by atoms with Crippen LogP contribution in [0.1, 0.15) is 15.2 Å². The molecule has 0 spiro atoms. The Balaban J connectivity index is 2.04. The van der Waals surface area contributed by atoms with Crippen LogP contribution in [0.3, 0.4) is 0 Å². The largest absolute Gasteiger partial charge is 0.397 e. The second-order valence-corrected chi connectivity index (χ2v) is 5.19. The highest BCUT2D eigenvalue weighted by atomic mass is 79.9. The van der Waals surface area contributed by atoms with E-state index in [4.69, 9.17) is 5.73 Å². The predicted molar refractivity (Wildman–Crippen MR) is 71.8 cm³/mol. The van der Waals surface area contributed by atoms with Crippen molar-refractivity contribution in [2.75, 3.05) is 5.73 Å². The smallest absolute Gasteiger partial charge is 0.253 e. The first-order valence-corrected chi connectivity index (χ1v) is 6.55. The zero-order valence-electron chi connectivity index (χ0n) is 8.81. The van der Waals surface area contributed by atoms with Crippen LogP contribution < -0.4 is 11.1 Å². The van der Waals surface area contributed by atoms with Gasteiger partial charge in [-0.2, -0.15) is 0 Å². The van der Waals surface area contributed by atoms with E-state index in [0.29, 0.717) is 17.8 Å². The van der Waals surface area contributed by atoms with Crippen molar-refractivity contribution in [1.82, 2.24) is 10.3 Å². The molecule has 2 aromatic heterocycles. The third-order valence-corrected chi connectivity index (χ3v) is 4.12. The van der Waals surface area contributed by atoms with Crippen LogP contribution in [0, 0.1) is 0 Å². The predicted octanol–water partition coefficient (Wildman–Crippen LogP) is 2.42. The van der Waals surface area contributed by atoms with Crippen molar-refractivity contribution in [2.24, 2.45) is 0 Å². The van der Waals surface area contributed by atoms with E-state index in [1.165, 1.54) is 6.20 Å². The van der Waals surface area contributed by atoms with Crippen molar-refractivity contribution in [3.8, 4) is 0 Å².